The molecule has 2 aromatic rings. The fourth-order valence-corrected chi connectivity index (χ4v) is 3.21. The van der Waals surface area contributed by atoms with E-state index in [1.165, 1.54) is 0 Å². The highest BCUT2D eigenvalue weighted by Gasteiger charge is 2.24. The van der Waals surface area contributed by atoms with E-state index in [0.29, 0.717) is 19.0 Å². The fourth-order valence-electron chi connectivity index (χ4n) is 2.16. The molecular formula is C18H26N4O2S. The Labute approximate surface area is 152 Å². The molecule has 7 heteroatoms. The zero-order valence-corrected chi connectivity index (χ0v) is 15.7. The lowest BCUT2D eigenvalue weighted by molar-refractivity contribution is -0.125. The molecule has 1 atom stereocenters. The number of carbonyl (C=O) groups excluding carboxylic acids is 1. The Bertz CT molecular complexity index is 721. The number of fused-ring (bicyclic) bond motifs is 1. The van der Waals surface area contributed by atoms with Gasteiger partial charge in [-0.2, -0.15) is 0 Å². The van der Waals surface area contributed by atoms with E-state index < -0.39 is 17.4 Å². The zero-order chi connectivity index (χ0) is 18.4. The number of aliphatic hydroxyl groups excluding tert-OH is 1. The first-order valence-corrected chi connectivity index (χ1v) is 9.13. The Hall–Kier alpha value is -2.12. The molecule has 0 aliphatic heterocycles. The molecule has 0 radical (unpaired) electrons. The maximum absolute atomic E-state index is 11.4. The summed E-state index contributed by atoms with van der Waals surface area (Å²) < 4.78 is 1.15. The number of aliphatic hydroxyl groups is 1. The number of guanidine groups is 1. The van der Waals surface area contributed by atoms with Crippen LogP contribution in [0.5, 0.6) is 0 Å². The molecule has 2 rings (SSSR count). The van der Waals surface area contributed by atoms with E-state index in [0.717, 1.165) is 15.0 Å². The summed E-state index contributed by atoms with van der Waals surface area (Å²) in [6.07, 6.45) is -0.634. The molecule has 1 aromatic carbocycles. The molecular weight excluding hydrogens is 336 g/mol. The van der Waals surface area contributed by atoms with Crippen molar-refractivity contribution in [1.29, 1.82) is 0 Å². The molecule has 25 heavy (non-hydrogen) atoms. The Balaban J connectivity index is 2.00. The van der Waals surface area contributed by atoms with Crippen LogP contribution < -0.4 is 16.4 Å². The first kappa shape index (κ1) is 19.2. The highest BCUT2D eigenvalue weighted by atomic mass is 32.1. The van der Waals surface area contributed by atoms with Crippen molar-refractivity contribution in [2.24, 2.45) is 16.1 Å². The van der Waals surface area contributed by atoms with Crippen LogP contribution in [0.25, 0.3) is 10.1 Å². The number of carbonyl (C=O) groups is 1. The van der Waals surface area contributed by atoms with Gasteiger partial charge in [-0.15, -0.1) is 11.3 Å². The van der Waals surface area contributed by atoms with Crippen molar-refractivity contribution < 1.29 is 9.90 Å². The summed E-state index contributed by atoms with van der Waals surface area (Å²) in [4.78, 5) is 16.7. The molecule has 6 nitrogen and oxygen atoms in total. The Morgan fingerprint density at radius 3 is 2.72 bits per heavy atom. The summed E-state index contributed by atoms with van der Waals surface area (Å²) >= 11 is 1.58. The van der Waals surface area contributed by atoms with Gasteiger partial charge in [0, 0.05) is 22.7 Å². The number of benzene rings is 1. The van der Waals surface area contributed by atoms with Crippen LogP contribution in [0.1, 0.15) is 31.8 Å². The standard InChI is InChI=1S/C18H26N4O2S/c1-4-20-17(22-11-18(2,3)16(19)24)21-10-13(23)15-9-12-7-5-6-8-14(12)25-15/h5-9,13,23H,4,10-11H2,1-3H3,(H2,19,24)(H2,20,21,22). The second-order valence-corrected chi connectivity index (χ2v) is 7.64. The van der Waals surface area contributed by atoms with E-state index in [1.54, 1.807) is 25.2 Å². The number of hydrogen-bond acceptors (Lipinski definition) is 4. The molecule has 0 fully saturated rings. The van der Waals surface area contributed by atoms with E-state index in [4.69, 9.17) is 5.73 Å². The minimum Gasteiger partial charge on any atom is -0.386 e. The van der Waals surface area contributed by atoms with Crippen LogP contribution in [0.4, 0.5) is 0 Å². The number of primary amides is 1. The molecule has 1 heterocycles. The lowest BCUT2D eigenvalue weighted by Crippen LogP contribution is -2.41. The van der Waals surface area contributed by atoms with Gasteiger partial charge >= 0.3 is 0 Å². The molecule has 1 aromatic heterocycles. The molecule has 0 aliphatic carbocycles. The predicted molar refractivity (Wildman–Crippen MR) is 104 cm³/mol. The summed E-state index contributed by atoms with van der Waals surface area (Å²) in [6, 6.07) is 10.1. The third kappa shape index (κ3) is 5.17. The molecule has 5 N–H and O–H groups in total. The highest BCUT2D eigenvalue weighted by molar-refractivity contribution is 7.19. The third-order valence-electron chi connectivity index (χ3n) is 3.88. The van der Waals surface area contributed by atoms with E-state index in [2.05, 4.69) is 15.6 Å². The van der Waals surface area contributed by atoms with E-state index >= 15 is 0 Å². The van der Waals surface area contributed by atoms with Gasteiger partial charge in [-0.25, -0.2) is 0 Å². The first-order valence-electron chi connectivity index (χ1n) is 8.32. The van der Waals surface area contributed by atoms with E-state index in [-0.39, 0.29) is 6.54 Å². The first-order chi connectivity index (χ1) is 11.8. The number of thiophene rings is 1. The monoisotopic (exact) mass is 362 g/mol. The van der Waals surface area contributed by atoms with Gasteiger partial charge in [-0.05, 0) is 38.3 Å². The number of hydrogen-bond donors (Lipinski definition) is 4. The van der Waals surface area contributed by atoms with Crippen LogP contribution in [-0.4, -0.2) is 36.6 Å². The van der Waals surface area contributed by atoms with Crippen LogP contribution in [0.2, 0.25) is 0 Å². The van der Waals surface area contributed by atoms with Crippen molar-refractivity contribution in [2.45, 2.75) is 26.9 Å². The van der Waals surface area contributed by atoms with E-state index in [1.807, 2.05) is 37.3 Å². The topological polar surface area (TPSA) is 99.7 Å². The minimum atomic E-state index is -0.716. The maximum Gasteiger partial charge on any atom is 0.224 e. The molecule has 0 saturated heterocycles. The second kappa shape index (κ2) is 8.31. The van der Waals surface area contributed by atoms with Crippen LogP contribution in [-0.2, 0) is 4.79 Å². The van der Waals surface area contributed by atoms with Gasteiger partial charge in [0.25, 0.3) is 0 Å². The maximum atomic E-state index is 11.4. The van der Waals surface area contributed by atoms with Crippen LogP contribution in [0.3, 0.4) is 0 Å². The molecule has 1 unspecified atom stereocenters. The molecule has 1 amide bonds. The Morgan fingerprint density at radius 2 is 2.08 bits per heavy atom. The number of rotatable bonds is 7. The molecule has 136 valence electrons. The van der Waals surface area contributed by atoms with Gasteiger partial charge in [0.1, 0.15) is 6.10 Å². The average Bonchev–Trinajstić information content (AvgIpc) is 3.01. The summed E-state index contributed by atoms with van der Waals surface area (Å²) in [6.45, 7) is 6.76. The second-order valence-electron chi connectivity index (χ2n) is 6.53. The van der Waals surface area contributed by atoms with Crippen LogP contribution in [0, 0.1) is 5.41 Å². The molecule has 0 saturated carbocycles. The van der Waals surface area contributed by atoms with Crippen molar-refractivity contribution in [3.63, 3.8) is 0 Å². The number of nitrogens with zero attached hydrogens (tertiary/aromatic N) is 1. The summed E-state index contributed by atoms with van der Waals surface area (Å²) in [5.74, 6) is 0.161. The minimum absolute atomic E-state index is 0.274. The lowest BCUT2D eigenvalue weighted by Gasteiger charge is -2.19. The third-order valence-corrected chi connectivity index (χ3v) is 5.10. The van der Waals surface area contributed by atoms with Crippen molar-refractivity contribution >= 4 is 33.3 Å². The smallest absolute Gasteiger partial charge is 0.224 e. The molecule has 0 bridgehead atoms. The predicted octanol–water partition coefficient (Wildman–Crippen LogP) is 2.00. The van der Waals surface area contributed by atoms with Crippen LogP contribution in [0.15, 0.2) is 35.3 Å². The van der Waals surface area contributed by atoms with Crippen molar-refractivity contribution in [3.05, 3.63) is 35.2 Å². The zero-order valence-electron chi connectivity index (χ0n) is 14.9. The summed E-state index contributed by atoms with van der Waals surface area (Å²) in [7, 11) is 0. The number of amides is 1. The Kier molecular flexibility index (Phi) is 6.39. The van der Waals surface area contributed by atoms with Crippen molar-refractivity contribution in [3.8, 4) is 0 Å². The highest BCUT2D eigenvalue weighted by Crippen LogP contribution is 2.29. The quantitative estimate of drug-likeness (QED) is 0.447. The van der Waals surface area contributed by atoms with Gasteiger partial charge in [0.15, 0.2) is 5.96 Å². The van der Waals surface area contributed by atoms with Gasteiger partial charge in [-0.1, -0.05) is 18.2 Å². The van der Waals surface area contributed by atoms with Crippen LogP contribution >= 0.6 is 11.3 Å². The van der Waals surface area contributed by atoms with Gasteiger partial charge < -0.3 is 21.5 Å². The Morgan fingerprint density at radius 1 is 1.36 bits per heavy atom. The number of nitrogens with two attached hydrogens (primary N) is 1. The van der Waals surface area contributed by atoms with Crippen molar-refractivity contribution in [2.75, 3.05) is 19.6 Å². The average molecular weight is 362 g/mol. The van der Waals surface area contributed by atoms with Crippen molar-refractivity contribution in [1.82, 2.24) is 10.6 Å². The van der Waals surface area contributed by atoms with E-state index in [9.17, 15) is 9.90 Å². The lowest BCUT2D eigenvalue weighted by atomic mass is 9.93. The summed E-state index contributed by atoms with van der Waals surface area (Å²) in [5, 5.41) is 17.8. The fraction of sp³-hybridized carbons (Fsp3) is 0.444. The van der Waals surface area contributed by atoms with Gasteiger partial charge in [0.05, 0.1) is 12.0 Å². The molecule has 0 spiro atoms. The SMILES string of the molecule is CCNC(=NCC(C)(C)C(N)=O)NCC(O)c1cc2ccccc2s1. The van der Waals surface area contributed by atoms with Gasteiger partial charge in [-0.3, -0.25) is 9.79 Å². The largest absolute Gasteiger partial charge is 0.386 e. The number of nitrogens with one attached hydrogen (secondary N) is 2. The van der Waals surface area contributed by atoms with Gasteiger partial charge in [0.2, 0.25) is 5.91 Å². The molecule has 0 aliphatic rings. The normalized spacial score (nSPS) is 13.7. The number of aliphatic imine (C=N–C) groups is 1. The summed E-state index contributed by atoms with van der Waals surface area (Å²) in [5.41, 5.74) is 4.66.